The third-order valence-corrected chi connectivity index (χ3v) is 3.24. The Labute approximate surface area is 104 Å². The molecule has 0 saturated heterocycles. The number of fused-ring (bicyclic) bond motifs is 1. The molecular weight excluding hydrogens is 232 g/mol. The number of rotatable bonds is 4. The van der Waals surface area contributed by atoms with E-state index < -0.39 is 11.2 Å². The van der Waals surface area contributed by atoms with Gasteiger partial charge in [0.25, 0.3) is 5.56 Å². The molecule has 0 saturated carbocycles. The van der Waals surface area contributed by atoms with Crippen molar-refractivity contribution in [2.75, 3.05) is 0 Å². The highest BCUT2D eigenvalue weighted by molar-refractivity contribution is 5.69. The standard InChI is InChI=1S/C12H18N4O2/c1-4-5-6-12(2,3)16-7-13-8-9(16)14-11(18)15-10(8)17/h7H,4-6H2,1-3H3,(H2,14,15,17,18). The van der Waals surface area contributed by atoms with Gasteiger partial charge in [-0.2, -0.15) is 0 Å². The molecule has 6 heteroatoms. The average Bonchev–Trinajstić information content (AvgIpc) is 2.71. The summed E-state index contributed by atoms with van der Waals surface area (Å²) in [5.74, 6) is 0. The second-order valence-electron chi connectivity index (χ2n) is 5.14. The van der Waals surface area contributed by atoms with Crippen LogP contribution in [-0.2, 0) is 5.54 Å². The van der Waals surface area contributed by atoms with Crippen molar-refractivity contribution in [3.05, 3.63) is 27.2 Å². The Bertz CT molecular complexity index is 663. The number of H-pyrrole nitrogens is 2. The Morgan fingerprint density at radius 2 is 2.06 bits per heavy atom. The van der Waals surface area contributed by atoms with E-state index >= 15 is 0 Å². The highest BCUT2D eigenvalue weighted by atomic mass is 16.2. The first kappa shape index (κ1) is 12.6. The van der Waals surface area contributed by atoms with Gasteiger partial charge in [0, 0.05) is 5.54 Å². The smallest absolute Gasteiger partial charge is 0.311 e. The number of unbranched alkanes of at least 4 members (excludes halogenated alkanes) is 1. The van der Waals surface area contributed by atoms with Crippen LogP contribution in [0.1, 0.15) is 40.0 Å². The zero-order valence-corrected chi connectivity index (χ0v) is 10.9. The van der Waals surface area contributed by atoms with Crippen molar-refractivity contribution in [1.82, 2.24) is 19.5 Å². The molecule has 0 amide bonds. The number of hydrogen-bond acceptors (Lipinski definition) is 3. The van der Waals surface area contributed by atoms with Gasteiger partial charge >= 0.3 is 5.69 Å². The first-order chi connectivity index (χ1) is 8.45. The van der Waals surface area contributed by atoms with Crippen LogP contribution in [-0.4, -0.2) is 19.5 Å². The quantitative estimate of drug-likeness (QED) is 0.858. The first-order valence-corrected chi connectivity index (χ1v) is 6.16. The fraction of sp³-hybridized carbons (Fsp3) is 0.583. The minimum Gasteiger partial charge on any atom is -0.311 e. The monoisotopic (exact) mass is 250 g/mol. The maximum absolute atomic E-state index is 11.6. The Hall–Kier alpha value is -1.85. The number of nitrogens with one attached hydrogen (secondary N) is 2. The molecule has 0 aliphatic rings. The Balaban J connectivity index is 2.59. The number of aromatic amines is 2. The minimum absolute atomic E-state index is 0.179. The van der Waals surface area contributed by atoms with Crippen LogP contribution in [0.2, 0.25) is 0 Å². The van der Waals surface area contributed by atoms with Gasteiger partial charge < -0.3 is 4.57 Å². The van der Waals surface area contributed by atoms with E-state index in [0.29, 0.717) is 5.65 Å². The summed E-state index contributed by atoms with van der Waals surface area (Å²) in [5, 5.41) is 0. The lowest BCUT2D eigenvalue weighted by atomic mass is 9.97. The second-order valence-corrected chi connectivity index (χ2v) is 5.14. The summed E-state index contributed by atoms with van der Waals surface area (Å²) in [6.07, 6.45) is 4.77. The molecule has 98 valence electrons. The molecule has 0 bridgehead atoms. The van der Waals surface area contributed by atoms with Crippen LogP contribution in [0.4, 0.5) is 0 Å². The largest absolute Gasteiger partial charge is 0.327 e. The van der Waals surface area contributed by atoms with Crippen LogP contribution < -0.4 is 11.2 Å². The van der Waals surface area contributed by atoms with Crippen molar-refractivity contribution in [1.29, 1.82) is 0 Å². The highest BCUT2D eigenvalue weighted by Crippen LogP contribution is 2.24. The van der Waals surface area contributed by atoms with Gasteiger partial charge in [-0.1, -0.05) is 19.8 Å². The zero-order chi connectivity index (χ0) is 13.3. The molecule has 6 nitrogen and oxygen atoms in total. The average molecular weight is 250 g/mol. The van der Waals surface area contributed by atoms with Crippen LogP contribution in [0.5, 0.6) is 0 Å². The molecule has 0 atom stereocenters. The van der Waals surface area contributed by atoms with Crippen molar-refractivity contribution in [2.45, 2.75) is 45.6 Å². The summed E-state index contributed by atoms with van der Waals surface area (Å²) in [6, 6.07) is 0. The number of aromatic nitrogens is 4. The summed E-state index contributed by atoms with van der Waals surface area (Å²) in [6.45, 7) is 6.28. The van der Waals surface area contributed by atoms with Crippen LogP contribution in [0.25, 0.3) is 11.2 Å². The summed E-state index contributed by atoms with van der Waals surface area (Å²) in [4.78, 5) is 31.9. The van der Waals surface area contributed by atoms with Gasteiger partial charge in [-0.05, 0) is 20.3 Å². The van der Waals surface area contributed by atoms with Crippen LogP contribution in [0.15, 0.2) is 15.9 Å². The van der Waals surface area contributed by atoms with Crippen LogP contribution in [0, 0.1) is 0 Å². The molecular formula is C12H18N4O2. The van der Waals surface area contributed by atoms with Gasteiger partial charge in [-0.25, -0.2) is 9.78 Å². The van der Waals surface area contributed by atoms with E-state index in [4.69, 9.17) is 0 Å². The molecule has 0 fully saturated rings. The SMILES string of the molecule is CCCCC(C)(C)n1cnc2c(=O)[nH]c(=O)[nH]c21. The van der Waals surface area contributed by atoms with Crippen LogP contribution in [0.3, 0.4) is 0 Å². The molecule has 0 unspecified atom stereocenters. The van der Waals surface area contributed by atoms with Crippen molar-refractivity contribution < 1.29 is 0 Å². The molecule has 2 aromatic rings. The van der Waals surface area contributed by atoms with E-state index in [1.807, 2.05) is 4.57 Å². The molecule has 18 heavy (non-hydrogen) atoms. The van der Waals surface area contributed by atoms with Gasteiger partial charge in [-0.15, -0.1) is 0 Å². The maximum Gasteiger partial charge on any atom is 0.327 e. The molecule has 0 aromatic carbocycles. The molecule has 0 aliphatic heterocycles. The molecule has 0 radical (unpaired) electrons. The Morgan fingerprint density at radius 3 is 2.72 bits per heavy atom. The van der Waals surface area contributed by atoms with E-state index in [9.17, 15) is 9.59 Å². The van der Waals surface area contributed by atoms with Crippen molar-refractivity contribution in [3.8, 4) is 0 Å². The summed E-state index contributed by atoms with van der Waals surface area (Å²) in [5.41, 5.74) is -0.357. The third kappa shape index (κ3) is 2.10. The molecule has 2 rings (SSSR count). The van der Waals surface area contributed by atoms with Crippen molar-refractivity contribution in [3.63, 3.8) is 0 Å². The number of hydrogen-bond donors (Lipinski definition) is 2. The molecule has 0 spiro atoms. The zero-order valence-electron chi connectivity index (χ0n) is 10.9. The predicted molar refractivity (Wildman–Crippen MR) is 69.8 cm³/mol. The molecule has 2 heterocycles. The van der Waals surface area contributed by atoms with Gasteiger partial charge in [0.2, 0.25) is 0 Å². The lowest BCUT2D eigenvalue weighted by molar-refractivity contribution is 0.324. The number of nitrogens with zero attached hydrogens (tertiary/aromatic N) is 2. The van der Waals surface area contributed by atoms with Gasteiger partial charge in [0.05, 0.1) is 6.33 Å². The Morgan fingerprint density at radius 1 is 1.33 bits per heavy atom. The predicted octanol–water partition coefficient (Wildman–Crippen LogP) is 1.34. The van der Waals surface area contributed by atoms with E-state index in [0.717, 1.165) is 19.3 Å². The van der Waals surface area contributed by atoms with E-state index in [1.165, 1.54) is 0 Å². The number of imidazole rings is 1. The molecule has 2 N–H and O–H groups in total. The maximum atomic E-state index is 11.6. The second kappa shape index (κ2) is 4.44. The summed E-state index contributed by atoms with van der Waals surface area (Å²) in [7, 11) is 0. The van der Waals surface area contributed by atoms with E-state index in [-0.39, 0.29) is 11.1 Å². The van der Waals surface area contributed by atoms with E-state index in [1.54, 1.807) is 6.33 Å². The topological polar surface area (TPSA) is 83.5 Å². The first-order valence-electron chi connectivity index (χ1n) is 6.16. The van der Waals surface area contributed by atoms with Gasteiger partial charge in [0.1, 0.15) is 5.65 Å². The fourth-order valence-corrected chi connectivity index (χ4v) is 2.12. The molecule has 2 aromatic heterocycles. The summed E-state index contributed by atoms with van der Waals surface area (Å²) < 4.78 is 1.87. The van der Waals surface area contributed by atoms with Crippen LogP contribution >= 0.6 is 0 Å². The normalized spacial score (nSPS) is 12.2. The van der Waals surface area contributed by atoms with Crippen molar-refractivity contribution in [2.24, 2.45) is 0 Å². The van der Waals surface area contributed by atoms with Gasteiger partial charge in [0.15, 0.2) is 5.52 Å². The van der Waals surface area contributed by atoms with Crippen molar-refractivity contribution >= 4 is 11.2 Å². The summed E-state index contributed by atoms with van der Waals surface area (Å²) >= 11 is 0. The van der Waals surface area contributed by atoms with E-state index in [2.05, 4.69) is 35.7 Å². The molecule has 0 aliphatic carbocycles. The Kier molecular flexibility index (Phi) is 3.11. The fourth-order valence-electron chi connectivity index (χ4n) is 2.12. The lowest BCUT2D eigenvalue weighted by Gasteiger charge is -2.26. The third-order valence-electron chi connectivity index (χ3n) is 3.24. The minimum atomic E-state index is -0.499. The lowest BCUT2D eigenvalue weighted by Crippen LogP contribution is -2.28. The van der Waals surface area contributed by atoms with Gasteiger partial charge in [-0.3, -0.25) is 14.8 Å². The highest BCUT2D eigenvalue weighted by Gasteiger charge is 2.22.